The Hall–Kier alpha value is -3.52. The van der Waals surface area contributed by atoms with Crippen LogP contribution < -0.4 is 9.47 Å². The number of carbonyl (C=O) groups is 2. The van der Waals surface area contributed by atoms with Crippen LogP contribution in [-0.4, -0.2) is 34.9 Å². The maximum atomic E-state index is 13.2. The summed E-state index contributed by atoms with van der Waals surface area (Å²) in [6.07, 6.45) is 0. The second kappa shape index (κ2) is 9.54. The minimum atomic E-state index is -0.859. The number of benzene rings is 1. The Labute approximate surface area is 195 Å². The first-order valence-corrected chi connectivity index (χ1v) is 11.6. The summed E-state index contributed by atoms with van der Waals surface area (Å²) in [6.45, 7) is 6.53. The molecular formula is C25H25NO6S. The molecule has 1 aromatic carbocycles. The molecule has 0 bridgehead atoms. The first-order valence-electron chi connectivity index (χ1n) is 10.7. The number of amides is 1. The van der Waals surface area contributed by atoms with Gasteiger partial charge in [0.1, 0.15) is 34.8 Å². The third-order valence-electron chi connectivity index (χ3n) is 5.30. The first kappa shape index (κ1) is 22.7. The number of hydrogen-bond donors (Lipinski definition) is 1. The Kier molecular flexibility index (Phi) is 6.55. The fourth-order valence-corrected chi connectivity index (χ4v) is 4.59. The average molecular weight is 468 g/mol. The number of furan rings is 1. The second-order valence-corrected chi connectivity index (χ2v) is 8.51. The summed E-state index contributed by atoms with van der Waals surface area (Å²) in [5.41, 5.74) is 0.277. The lowest BCUT2D eigenvalue weighted by molar-refractivity contribution is -0.140. The van der Waals surface area contributed by atoms with Gasteiger partial charge in [0.2, 0.25) is 0 Å². The molecule has 0 radical (unpaired) electrons. The normalized spacial score (nSPS) is 17.5. The van der Waals surface area contributed by atoms with E-state index in [-0.39, 0.29) is 17.9 Å². The fourth-order valence-electron chi connectivity index (χ4n) is 3.88. The van der Waals surface area contributed by atoms with Crippen molar-refractivity contribution >= 4 is 28.8 Å². The van der Waals surface area contributed by atoms with Crippen LogP contribution in [-0.2, 0) is 16.1 Å². The minimum Gasteiger partial charge on any atom is -0.507 e. The van der Waals surface area contributed by atoms with Crippen molar-refractivity contribution in [2.24, 2.45) is 0 Å². The van der Waals surface area contributed by atoms with Crippen molar-refractivity contribution in [3.8, 4) is 11.5 Å². The zero-order valence-electron chi connectivity index (χ0n) is 18.7. The number of thiophene rings is 1. The monoisotopic (exact) mass is 467 g/mol. The van der Waals surface area contributed by atoms with E-state index in [0.717, 1.165) is 4.88 Å². The Morgan fingerprint density at radius 2 is 1.91 bits per heavy atom. The lowest BCUT2D eigenvalue weighted by Gasteiger charge is -2.23. The summed E-state index contributed by atoms with van der Waals surface area (Å²) in [5.74, 6) is 0.227. The number of hydrogen-bond acceptors (Lipinski definition) is 7. The van der Waals surface area contributed by atoms with Crippen molar-refractivity contribution in [3.63, 3.8) is 0 Å². The number of ether oxygens (including phenoxy) is 2. The summed E-state index contributed by atoms with van der Waals surface area (Å²) >= 11 is 1.49. The molecule has 2 aromatic heterocycles. The summed E-state index contributed by atoms with van der Waals surface area (Å²) in [5, 5.41) is 13.2. The Balaban J connectivity index is 1.86. The highest BCUT2D eigenvalue weighted by Crippen LogP contribution is 2.43. The molecule has 3 aromatic rings. The topological polar surface area (TPSA) is 89.2 Å². The largest absolute Gasteiger partial charge is 0.507 e. The van der Waals surface area contributed by atoms with Gasteiger partial charge in [0.15, 0.2) is 0 Å². The molecule has 7 nitrogen and oxygen atoms in total. The highest BCUT2D eigenvalue weighted by Gasteiger charge is 2.47. The number of likely N-dealkylation sites (tertiary alicyclic amines) is 1. The molecule has 1 atom stereocenters. The van der Waals surface area contributed by atoms with Crippen molar-refractivity contribution in [3.05, 3.63) is 75.4 Å². The molecule has 33 heavy (non-hydrogen) atoms. The molecule has 1 fully saturated rings. The van der Waals surface area contributed by atoms with E-state index in [4.69, 9.17) is 13.9 Å². The van der Waals surface area contributed by atoms with E-state index in [9.17, 15) is 14.7 Å². The highest BCUT2D eigenvalue weighted by molar-refractivity contribution is 7.09. The number of carbonyl (C=O) groups excluding carboxylic acids is 2. The van der Waals surface area contributed by atoms with Crippen LogP contribution >= 0.6 is 11.3 Å². The smallest absolute Gasteiger partial charge is 0.296 e. The van der Waals surface area contributed by atoms with Gasteiger partial charge in [0.05, 0.1) is 30.9 Å². The quantitative estimate of drug-likeness (QED) is 0.283. The zero-order valence-corrected chi connectivity index (χ0v) is 19.5. The molecular weight excluding hydrogens is 442 g/mol. The van der Waals surface area contributed by atoms with Crippen LogP contribution in [0.15, 0.2) is 57.8 Å². The number of aliphatic hydroxyl groups is 1. The van der Waals surface area contributed by atoms with Crippen LogP contribution in [0.1, 0.15) is 41.9 Å². The minimum absolute atomic E-state index is 0.0315. The van der Waals surface area contributed by atoms with Crippen molar-refractivity contribution in [1.29, 1.82) is 0 Å². The van der Waals surface area contributed by atoms with Crippen LogP contribution in [0.4, 0.5) is 0 Å². The Morgan fingerprint density at radius 3 is 2.55 bits per heavy atom. The van der Waals surface area contributed by atoms with Crippen molar-refractivity contribution < 1.29 is 28.6 Å². The molecule has 8 heteroatoms. The Morgan fingerprint density at radius 1 is 1.12 bits per heavy atom. The highest BCUT2D eigenvalue weighted by atomic mass is 32.1. The molecule has 0 spiro atoms. The van der Waals surface area contributed by atoms with E-state index in [1.165, 1.54) is 16.2 Å². The predicted octanol–water partition coefficient (Wildman–Crippen LogP) is 5.07. The SMILES string of the molecule is CCOc1ccc(/C(O)=C2/C(=O)C(=O)N(Cc3cccs3)C2c2ccc(C)o2)c(OCC)c1. The summed E-state index contributed by atoms with van der Waals surface area (Å²) in [7, 11) is 0. The Bertz CT molecular complexity index is 1190. The molecule has 0 aliphatic carbocycles. The van der Waals surface area contributed by atoms with Gasteiger partial charge in [0, 0.05) is 10.9 Å². The zero-order chi connectivity index (χ0) is 23.5. The van der Waals surface area contributed by atoms with Gasteiger partial charge in [-0.25, -0.2) is 0 Å². The predicted molar refractivity (Wildman–Crippen MR) is 124 cm³/mol. The standard InChI is InChI=1S/C25H25NO6S/c1-4-30-16-9-10-18(20(13-16)31-5-2)23(27)21-22(19-11-8-15(3)32-19)26(25(29)24(21)28)14-17-7-6-12-33-17/h6-13,22,27H,4-5,14H2,1-3H3/b23-21-. The molecule has 1 N–H and O–H groups in total. The molecule has 1 amide bonds. The van der Waals surface area contributed by atoms with Crippen molar-refractivity contribution in [1.82, 2.24) is 4.90 Å². The van der Waals surface area contributed by atoms with E-state index in [1.807, 2.05) is 31.4 Å². The average Bonchev–Trinajstić information content (AvgIpc) is 3.51. The molecule has 1 aliphatic heterocycles. The van der Waals surface area contributed by atoms with E-state index in [0.29, 0.717) is 41.8 Å². The molecule has 0 saturated carbocycles. The number of Topliss-reactive ketones (excluding diaryl/α,β-unsaturated/α-hetero) is 1. The molecule has 1 saturated heterocycles. The number of aliphatic hydroxyl groups excluding tert-OH is 1. The van der Waals surface area contributed by atoms with Gasteiger partial charge >= 0.3 is 0 Å². The van der Waals surface area contributed by atoms with Crippen LogP contribution in [0.5, 0.6) is 11.5 Å². The van der Waals surface area contributed by atoms with Gasteiger partial charge in [0.25, 0.3) is 11.7 Å². The number of rotatable bonds is 8. The maximum absolute atomic E-state index is 13.2. The number of aryl methyl sites for hydroxylation is 1. The van der Waals surface area contributed by atoms with E-state index >= 15 is 0 Å². The summed E-state index contributed by atoms with van der Waals surface area (Å²) in [4.78, 5) is 28.6. The second-order valence-electron chi connectivity index (χ2n) is 7.48. The third kappa shape index (κ3) is 4.39. The van der Waals surface area contributed by atoms with Crippen molar-refractivity contribution in [2.75, 3.05) is 13.2 Å². The van der Waals surface area contributed by atoms with Gasteiger partial charge in [-0.3, -0.25) is 9.59 Å². The lowest BCUT2D eigenvalue weighted by Crippen LogP contribution is -2.28. The first-order chi connectivity index (χ1) is 15.9. The maximum Gasteiger partial charge on any atom is 0.296 e. The van der Waals surface area contributed by atoms with Gasteiger partial charge in [-0.1, -0.05) is 6.07 Å². The van der Waals surface area contributed by atoms with Crippen LogP contribution in [0.25, 0.3) is 5.76 Å². The molecule has 4 rings (SSSR count). The molecule has 1 unspecified atom stereocenters. The van der Waals surface area contributed by atoms with Gasteiger partial charge in [-0.15, -0.1) is 11.3 Å². The van der Waals surface area contributed by atoms with Crippen molar-refractivity contribution in [2.45, 2.75) is 33.4 Å². The van der Waals surface area contributed by atoms with Gasteiger partial charge in [-0.05, 0) is 56.5 Å². The van der Waals surface area contributed by atoms with Crippen LogP contribution in [0, 0.1) is 6.92 Å². The fraction of sp³-hybridized carbons (Fsp3) is 0.280. The molecule has 172 valence electrons. The van der Waals surface area contributed by atoms with Crippen LogP contribution in [0.3, 0.4) is 0 Å². The van der Waals surface area contributed by atoms with Gasteiger partial charge in [-0.2, -0.15) is 0 Å². The lowest BCUT2D eigenvalue weighted by atomic mass is 9.98. The number of nitrogens with zero attached hydrogens (tertiary/aromatic N) is 1. The number of ketones is 1. The molecule has 1 aliphatic rings. The van der Waals surface area contributed by atoms with E-state index in [2.05, 4.69) is 0 Å². The summed E-state index contributed by atoms with van der Waals surface area (Å²) < 4.78 is 17.1. The molecule has 3 heterocycles. The van der Waals surface area contributed by atoms with E-state index in [1.54, 1.807) is 37.3 Å². The van der Waals surface area contributed by atoms with E-state index < -0.39 is 17.7 Å². The van der Waals surface area contributed by atoms with Gasteiger partial charge < -0.3 is 23.9 Å². The van der Waals surface area contributed by atoms with Crippen LogP contribution in [0.2, 0.25) is 0 Å². The third-order valence-corrected chi connectivity index (χ3v) is 6.16. The summed E-state index contributed by atoms with van der Waals surface area (Å²) in [6, 6.07) is 11.4.